The van der Waals surface area contributed by atoms with Crippen molar-refractivity contribution in [2.24, 2.45) is 5.73 Å². The van der Waals surface area contributed by atoms with E-state index in [-0.39, 0.29) is 19.6 Å². The van der Waals surface area contributed by atoms with Crippen LogP contribution in [0.4, 0.5) is 8.78 Å². The second-order valence-electron chi connectivity index (χ2n) is 5.08. The first-order chi connectivity index (χ1) is 8.49. The van der Waals surface area contributed by atoms with E-state index in [1.807, 2.05) is 12.1 Å². The van der Waals surface area contributed by atoms with E-state index >= 15 is 0 Å². The number of halogens is 2. The van der Waals surface area contributed by atoms with Crippen molar-refractivity contribution in [2.75, 3.05) is 6.79 Å². The van der Waals surface area contributed by atoms with Gasteiger partial charge in [-0.25, -0.2) is 8.78 Å². The van der Waals surface area contributed by atoms with Crippen molar-refractivity contribution < 1.29 is 18.3 Å². The van der Waals surface area contributed by atoms with E-state index < -0.39 is 11.5 Å². The van der Waals surface area contributed by atoms with Crippen LogP contribution in [-0.2, 0) is 5.54 Å². The minimum Gasteiger partial charge on any atom is -0.454 e. The second kappa shape index (κ2) is 3.82. The molecule has 0 amide bonds. The summed E-state index contributed by atoms with van der Waals surface area (Å²) in [5.74, 6) is -1.24. The summed E-state index contributed by atoms with van der Waals surface area (Å²) in [4.78, 5) is 0. The van der Waals surface area contributed by atoms with Gasteiger partial charge in [0.2, 0.25) is 12.7 Å². The topological polar surface area (TPSA) is 44.5 Å². The summed E-state index contributed by atoms with van der Waals surface area (Å²) in [5.41, 5.74) is 6.44. The Labute approximate surface area is 104 Å². The Kier molecular flexibility index (Phi) is 2.48. The average Bonchev–Trinajstić information content (AvgIpc) is 2.80. The molecule has 2 aliphatic rings. The number of ether oxygens (including phenoxy) is 2. The molecule has 0 bridgehead atoms. The molecule has 1 aliphatic carbocycles. The molecule has 98 valence electrons. The van der Waals surface area contributed by atoms with E-state index in [1.54, 1.807) is 6.07 Å². The van der Waals surface area contributed by atoms with Crippen LogP contribution in [0, 0.1) is 0 Å². The molecule has 3 rings (SSSR count). The monoisotopic (exact) mass is 255 g/mol. The van der Waals surface area contributed by atoms with Gasteiger partial charge in [0.05, 0.1) is 0 Å². The van der Waals surface area contributed by atoms with Gasteiger partial charge >= 0.3 is 0 Å². The molecule has 0 aromatic heterocycles. The number of hydrogen-bond donors (Lipinski definition) is 1. The number of benzene rings is 1. The number of nitrogens with two attached hydrogens (primary N) is 1. The van der Waals surface area contributed by atoms with Gasteiger partial charge in [0, 0.05) is 18.4 Å². The summed E-state index contributed by atoms with van der Waals surface area (Å²) in [6.45, 7) is 0.203. The lowest BCUT2D eigenvalue weighted by molar-refractivity contribution is -0.0514. The number of fused-ring (bicyclic) bond motifs is 1. The fourth-order valence-corrected chi connectivity index (χ4v) is 2.56. The van der Waals surface area contributed by atoms with Gasteiger partial charge in [-0.1, -0.05) is 6.07 Å². The van der Waals surface area contributed by atoms with Gasteiger partial charge < -0.3 is 15.2 Å². The molecular weight excluding hydrogens is 240 g/mol. The molecule has 1 saturated carbocycles. The summed E-state index contributed by atoms with van der Waals surface area (Å²) in [7, 11) is 0. The molecule has 1 fully saturated rings. The number of hydrogen-bond acceptors (Lipinski definition) is 3. The fourth-order valence-electron chi connectivity index (χ4n) is 2.56. The van der Waals surface area contributed by atoms with Gasteiger partial charge in [-0.15, -0.1) is 0 Å². The molecule has 18 heavy (non-hydrogen) atoms. The van der Waals surface area contributed by atoms with Crippen molar-refractivity contribution in [2.45, 2.75) is 37.1 Å². The summed E-state index contributed by atoms with van der Waals surface area (Å²) in [6, 6.07) is 5.45. The minimum absolute atomic E-state index is 0.155. The Balaban J connectivity index is 1.86. The van der Waals surface area contributed by atoms with E-state index in [9.17, 15) is 8.78 Å². The predicted molar refractivity (Wildman–Crippen MR) is 61.8 cm³/mol. The quantitative estimate of drug-likeness (QED) is 0.839. The maximum Gasteiger partial charge on any atom is 0.248 e. The summed E-state index contributed by atoms with van der Waals surface area (Å²) >= 11 is 0. The lowest BCUT2D eigenvalue weighted by atomic mass is 9.76. The van der Waals surface area contributed by atoms with Crippen molar-refractivity contribution in [1.29, 1.82) is 0 Å². The van der Waals surface area contributed by atoms with Gasteiger partial charge in [0.15, 0.2) is 11.5 Å². The molecule has 0 atom stereocenters. The van der Waals surface area contributed by atoms with Gasteiger partial charge in [0.1, 0.15) is 0 Å². The van der Waals surface area contributed by atoms with Gasteiger partial charge in [-0.2, -0.15) is 0 Å². The van der Waals surface area contributed by atoms with Crippen molar-refractivity contribution in [1.82, 2.24) is 0 Å². The van der Waals surface area contributed by atoms with Crippen LogP contribution < -0.4 is 15.2 Å². The van der Waals surface area contributed by atoms with E-state index in [0.717, 1.165) is 5.56 Å². The maximum atomic E-state index is 13.2. The third kappa shape index (κ3) is 1.92. The molecule has 1 aromatic rings. The zero-order valence-electron chi connectivity index (χ0n) is 9.92. The number of alkyl halides is 2. The van der Waals surface area contributed by atoms with Crippen LogP contribution in [-0.4, -0.2) is 12.7 Å². The molecule has 0 spiro atoms. The molecule has 1 heterocycles. The first kappa shape index (κ1) is 11.7. The van der Waals surface area contributed by atoms with Crippen LogP contribution in [0.2, 0.25) is 0 Å². The molecule has 2 N–H and O–H groups in total. The molecule has 3 nitrogen and oxygen atoms in total. The molecule has 1 aromatic carbocycles. The van der Waals surface area contributed by atoms with E-state index in [2.05, 4.69) is 0 Å². The van der Waals surface area contributed by atoms with Crippen LogP contribution in [0.15, 0.2) is 18.2 Å². The Morgan fingerprint density at radius 2 is 1.67 bits per heavy atom. The molecular formula is C13H15F2NO2. The Morgan fingerprint density at radius 1 is 1.00 bits per heavy atom. The normalized spacial score (nSPS) is 23.9. The Morgan fingerprint density at radius 3 is 2.39 bits per heavy atom. The highest BCUT2D eigenvalue weighted by Gasteiger charge is 2.42. The number of rotatable bonds is 1. The zero-order chi connectivity index (χ0) is 12.8. The molecule has 0 radical (unpaired) electrons. The van der Waals surface area contributed by atoms with E-state index in [0.29, 0.717) is 24.3 Å². The molecule has 0 saturated heterocycles. The summed E-state index contributed by atoms with van der Waals surface area (Å²) < 4.78 is 36.9. The van der Waals surface area contributed by atoms with Gasteiger partial charge in [-0.05, 0) is 30.5 Å². The van der Waals surface area contributed by atoms with Gasteiger partial charge in [0.25, 0.3) is 0 Å². The smallest absolute Gasteiger partial charge is 0.248 e. The molecule has 1 aliphatic heterocycles. The van der Waals surface area contributed by atoms with Gasteiger partial charge in [-0.3, -0.25) is 0 Å². The standard InChI is InChI=1S/C13H15F2NO2/c14-13(15)5-3-12(16,4-6-13)9-1-2-10-11(7-9)18-8-17-10/h1-2,7H,3-6,8,16H2. The average molecular weight is 255 g/mol. The van der Waals surface area contributed by atoms with Crippen molar-refractivity contribution >= 4 is 0 Å². The van der Waals surface area contributed by atoms with E-state index in [4.69, 9.17) is 15.2 Å². The highest BCUT2D eigenvalue weighted by molar-refractivity contribution is 5.46. The third-order valence-corrected chi connectivity index (χ3v) is 3.82. The lowest BCUT2D eigenvalue weighted by Crippen LogP contribution is -2.43. The predicted octanol–water partition coefficient (Wildman–Crippen LogP) is 2.78. The van der Waals surface area contributed by atoms with Crippen molar-refractivity contribution in [3.8, 4) is 11.5 Å². The van der Waals surface area contributed by atoms with Crippen LogP contribution in [0.5, 0.6) is 11.5 Å². The molecule has 0 unspecified atom stereocenters. The maximum absolute atomic E-state index is 13.2. The lowest BCUT2D eigenvalue weighted by Gasteiger charge is -2.37. The van der Waals surface area contributed by atoms with Crippen LogP contribution in [0.1, 0.15) is 31.2 Å². The highest BCUT2D eigenvalue weighted by atomic mass is 19.3. The Bertz CT molecular complexity index is 466. The first-order valence-corrected chi connectivity index (χ1v) is 6.05. The van der Waals surface area contributed by atoms with E-state index in [1.165, 1.54) is 0 Å². The SMILES string of the molecule is NC1(c2ccc3c(c2)OCO3)CCC(F)(F)CC1. The minimum atomic E-state index is -2.57. The third-order valence-electron chi connectivity index (χ3n) is 3.82. The summed E-state index contributed by atoms with van der Waals surface area (Å²) in [5, 5.41) is 0. The Hall–Kier alpha value is -1.36. The summed E-state index contributed by atoms with van der Waals surface area (Å²) in [6.07, 6.45) is 0.273. The zero-order valence-corrected chi connectivity index (χ0v) is 9.92. The first-order valence-electron chi connectivity index (χ1n) is 6.05. The van der Waals surface area contributed by atoms with Crippen LogP contribution >= 0.6 is 0 Å². The largest absolute Gasteiger partial charge is 0.454 e. The van der Waals surface area contributed by atoms with Crippen LogP contribution in [0.25, 0.3) is 0 Å². The highest BCUT2D eigenvalue weighted by Crippen LogP contribution is 2.44. The van der Waals surface area contributed by atoms with Crippen molar-refractivity contribution in [3.63, 3.8) is 0 Å². The van der Waals surface area contributed by atoms with Crippen LogP contribution in [0.3, 0.4) is 0 Å². The fraction of sp³-hybridized carbons (Fsp3) is 0.538. The van der Waals surface area contributed by atoms with Crippen molar-refractivity contribution in [3.05, 3.63) is 23.8 Å². The molecule has 5 heteroatoms. The second-order valence-corrected chi connectivity index (χ2v) is 5.08.